The lowest BCUT2D eigenvalue weighted by atomic mass is 10.2. The second kappa shape index (κ2) is 4.90. The monoisotopic (exact) mass is 287 g/mol. The van der Waals surface area contributed by atoms with Gasteiger partial charge in [-0.15, -0.1) is 0 Å². The molecule has 6 nitrogen and oxygen atoms in total. The molecule has 0 saturated heterocycles. The van der Waals surface area contributed by atoms with Crippen LogP contribution in [0.3, 0.4) is 0 Å². The van der Waals surface area contributed by atoms with Crippen LogP contribution < -0.4 is 5.73 Å². The maximum Gasteiger partial charge on any atom is 0.260 e. The van der Waals surface area contributed by atoms with Crippen LogP contribution in [-0.2, 0) is 0 Å². The van der Waals surface area contributed by atoms with Crippen molar-refractivity contribution in [2.75, 3.05) is 5.73 Å². The summed E-state index contributed by atoms with van der Waals surface area (Å²) in [5.74, 6) is 1.32. The zero-order chi connectivity index (χ0) is 14.1. The summed E-state index contributed by atoms with van der Waals surface area (Å²) in [7, 11) is 0. The molecule has 1 aromatic carbocycles. The molecule has 2 N–H and O–H groups in total. The predicted octanol–water partition coefficient (Wildman–Crippen LogP) is 2.74. The molecule has 2 heterocycles. The molecule has 0 aliphatic rings. The molecule has 0 amide bonds. The summed E-state index contributed by atoms with van der Waals surface area (Å²) in [5, 5.41) is 4.45. The van der Waals surface area contributed by atoms with Gasteiger partial charge in [-0.05, 0) is 31.2 Å². The summed E-state index contributed by atoms with van der Waals surface area (Å²) in [6, 6.07) is 6.78. The molecule has 0 spiro atoms. The van der Waals surface area contributed by atoms with Crippen LogP contribution >= 0.6 is 11.6 Å². The molecule has 2 aromatic heterocycles. The summed E-state index contributed by atoms with van der Waals surface area (Å²) in [6.45, 7) is 1.79. The molecule has 100 valence electrons. The van der Waals surface area contributed by atoms with Crippen molar-refractivity contribution in [3.05, 3.63) is 41.3 Å². The first-order valence-corrected chi connectivity index (χ1v) is 6.20. The normalized spacial score (nSPS) is 10.7. The van der Waals surface area contributed by atoms with Gasteiger partial charge in [-0.25, -0.2) is 9.97 Å². The number of aromatic nitrogens is 4. The van der Waals surface area contributed by atoms with Crippen molar-refractivity contribution in [2.45, 2.75) is 6.92 Å². The van der Waals surface area contributed by atoms with Crippen molar-refractivity contribution in [3.8, 4) is 23.0 Å². The highest BCUT2D eigenvalue weighted by Crippen LogP contribution is 2.28. The summed E-state index contributed by atoms with van der Waals surface area (Å²) < 4.78 is 5.22. The van der Waals surface area contributed by atoms with Crippen molar-refractivity contribution >= 4 is 17.3 Å². The van der Waals surface area contributed by atoms with Crippen molar-refractivity contribution in [1.29, 1.82) is 0 Å². The van der Waals surface area contributed by atoms with E-state index in [0.29, 0.717) is 39.5 Å². The number of nitrogens with zero attached hydrogens (tertiary/aromatic N) is 4. The van der Waals surface area contributed by atoms with Crippen LogP contribution in [0.4, 0.5) is 5.69 Å². The Morgan fingerprint density at radius 1 is 1.20 bits per heavy atom. The van der Waals surface area contributed by atoms with Gasteiger partial charge < -0.3 is 10.3 Å². The zero-order valence-electron chi connectivity index (χ0n) is 10.5. The van der Waals surface area contributed by atoms with Gasteiger partial charge in [0.05, 0.1) is 5.56 Å². The molecule has 0 radical (unpaired) electrons. The van der Waals surface area contributed by atoms with E-state index in [-0.39, 0.29) is 0 Å². The maximum atomic E-state index is 5.95. The van der Waals surface area contributed by atoms with Crippen LogP contribution in [0.15, 0.2) is 35.0 Å². The van der Waals surface area contributed by atoms with Gasteiger partial charge >= 0.3 is 0 Å². The topological polar surface area (TPSA) is 90.7 Å². The van der Waals surface area contributed by atoms with Crippen LogP contribution in [0.1, 0.15) is 5.82 Å². The van der Waals surface area contributed by atoms with Gasteiger partial charge in [0.1, 0.15) is 11.5 Å². The highest BCUT2D eigenvalue weighted by atomic mass is 35.5. The number of rotatable bonds is 2. The molecule has 0 atom stereocenters. The highest BCUT2D eigenvalue weighted by molar-refractivity contribution is 6.31. The number of benzene rings is 1. The average Bonchev–Trinajstić information content (AvgIpc) is 2.91. The van der Waals surface area contributed by atoms with E-state index in [4.69, 9.17) is 21.9 Å². The Labute approximate surface area is 119 Å². The first-order chi connectivity index (χ1) is 9.63. The van der Waals surface area contributed by atoms with Gasteiger partial charge in [-0.2, -0.15) is 4.98 Å². The van der Waals surface area contributed by atoms with Gasteiger partial charge in [-0.3, -0.25) is 0 Å². The van der Waals surface area contributed by atoms with Crippen LogP contribution in [0.2, 0.25) is 5.02 Å². The van der Waals surface area contributed by atoms with E-state index < -0.39 is 0 Å². The Kier molecular flexibility index (Phi) is 3.08. The van der Waals surface area contributed by atoms with Crippen LogP contribution in [-0.4, -0.2) is 20.1 Å². The summed E-state index contributed by atoms with van der Waals surface area (Å²) in [6.07, 6.45) is 1.64. The van der Waals surface area contributed by atoms with E-state index in [0.717, 1.165) is 0 Å². The van der Waals surface area contributed by atoms with Crippen molar-refractivity contribution in [1.82, 2.24) is 20.1 Å². The Bertz CT molecular complexity index is 771. The van der Waals surface area contributed by atoms with E-state index in [1.54, 1.807) is 37.4 Å². The minimum Gasteiger partial charge on any atom is -0.398 e. The van der Waals surface area contributed by atoms with Gasteiger partial charge in [0, 0.05) is 16.9 Å². The Balaban J connectivity index is 2.04. The number of nitrogen functional groups attached to an aromatic ring is 1. The smallest absolute Gasteiger partial charge is 0.260 e. The lowest BCUT2D eigenvalue weighted by Gasteiger charge is -2.00. The molecule has 0 bridgehead atoms. The molecule has 0 aliphatic carbocycles. The molecule has 0 aliphatic heterocycles. The minimum atomic E-state index is 0.302. The third kappa shape index (κ3) is 2.33. The van der Waals surface area contributed by atoms with E-state index in [2.05, 4.69) is 20.1 Å². The lowest BCUT2D eigenvalue weighted by molar-refractivity contribution is 0.432. The number of nitrogens with two attached hydrogens (primary N) is 1. The SMILES string of the molecule is Cc1nccc(-c2noc(-c3cc(Cl)ccc3N)n2)n1. The first kappa shape index (κ1) is 12.6. The van der Waals surface area contributed by atoms with Gasteiger partial charge in [0.15, 0.2) is 0 Å². The zero-order valence-corrected chi connectivity index (χ0v) is 11.3. The Morgan fingerprint density at radius 3 is 2.85 bits per heavy atom. The molecule has 0 unspecified atom stereocenters. The standard InChI is InChI=1S/C13H10ClN5O/c1-7-16-5-4-11(17-7)12-18-13(20-19-12)9-6-8(14)2-3-10(9)15/h2-6H,15H2,1H3. The number of anilines is 1. The van der Waals surface area contributed by atoms with Gasteiger partial charge in [0.25, 0.3) is 5.89 Å². The second-order valence-corrected chi connectivity index (χ2v) is 4.58. The van der Waals surface area contributed by atoms with E-state index >= 15 is 0 Å². The van der Waals surface area contributed by atoms with E-state index in [1.165, 1.54) is 0 Å². The summed E-state index contributed by atoms with van der Waals surface area (Å²) in [5.41, 5.74) is 7.59. The molecule has 0 saturated carbocycles. The van der Waals surface area contributed by atoms with Crippen molar-refractivity contribution < 1.29 is 4.52 Å². The largest absolute Gasteiger partial charge is 0.398 e. The Hall–Kier alpha value is -2.47. The van der Waals surface area contributed by atoms with Crippen molar-refractivity contribution in [3.63, 3.8) is 0 Å². The fourth-order valence-corrected chi connectivity index (χ4v) is 1.90. The molecule has 0 fully saturated rings. The predicted molar refractivity (Wildman–Crippen MR) is 74.9 cm³/mol. The number of halogens is 1. The molecule has 3 aromatic rings. The van der Waals surface area contributed by atoms with Crippen LogP contribution in [0.5, 0.6) is 0 Å². The minimum absolute atomic E-state index is 0.302. The van der Waals surface area contributed by atoms with Crippen LogP contribution in [0.25, 0.3) is 23.0 Å². The molecule has 3 rings (SSSR count). The molecule has 20 heavy (non-hydrogen) atoms. The van der Waals surface area contributed by atoms with E-state index in [9.17, 15) is 0 Å². The second-order valence-electron chi connectivity index (χ2n) is 4.14. The molecular weight excluding hydrogens is 278 g/mol. The lowest BCUT2D eigenvalue weighted by Crippen LogP contribution is -1.92. The van der Waals surface area contributed by atoms with Gasteiger partial charge in [0.2, 0.25) is 5.82 Å². The molecule has 7 heteroatoms. The molecular formula is C13H10ClN5O. The Morgan fingerprint density at radius 2 is 2.05 bits per heavy atom. The first-order valence-electron chi connectivity index (χ1n) is 5.82. The number of hydrogen-bond donors (Lipinski definition) is 1. The van der Waals surface area contributed by atoms with E-state index in [1.807, 2.05) is 0 Å². The van der Waals surface area contributed by atoms with Crippen molar-refractivity contribution in [2.24, 2.45) is 0 Å². The fourth-order valence-electron chi connectivity index (χ4n) is 1.73. The highest BCUT2D eigenvalue weighted by Gasteiger charge is 2.14. The number of hydrogen-bond acceptors (Lipinski definition) is 6. The van der Waals surface area contributed by atoms with Crippen LogP contribution in [0, 0.1) is 6.92 Å². The maximum absolute atomic E-state index is 5.95. The summed E-state index contributed by atoms with van der Waals surface area (Å²) >= 11 is 5.95. The third-order valence-electron chi connectivity index (χ3n) is 2.68. The summed E-state index contributed by atoms with van der Waals surface area (Å²) in [4.78, 5) is 12.5. The number of aryl methyl sites for hydroxylation is 1. The average molecular weight is 288 g/mol. The quantitative estimate of drug-likeness (QED) is 0.729. The van der Waals surface area contributed by atoms with Gasteiger partial charge in [-0.1, -0.05) is 16.8 Å². The fraction of sp³-hybridized carbons (Fsp3) is 0.0769. The third-order valence-corrected chi connectivity index (χ3v) is 2.91.